The highest BCUT2D eigenvalue weighted by atomic mass is 31.2. The molecule has 0 rings (SSSR count). The zero-order valence-corrected chi connectivity index (χ0v) is 51.6. The molecular weight excluding hydrogens is 966 g/mol. The molecule has 0 saturated carbocycles. The standard InChI is InChI=1S/C66H124NO8P/c1-6-8-10-12-14-16-18-20-22-24-26-28-30-31-32-33-34-35-37-39-41-43-45-47-49-51-53-55-57-59-66(69)75-64(63-74-76(70,71)73-61-60-67(3,4)5)62-72-65(68)58-56-54-52-50-48-46-44-42-40-38-36-29-27-25-23-21-19-17-15-13-11-9-7-2/h18,20,24-27,30-31,64H,6-17,19,21-23,28-29,32-63H2,1-5H3/b20-18-,26-24-,27-25-,31-30-. The predicted molar refractivity (Wildman–Crippen MR) is 324 cm³/mol. The maximum absolute atomic E-state index is 12.8. The van der Waals surface area contributed by atoms with Crippen molar-refractivity contribution >= 4 is 19.8 Å². The lowest BCUT2D eigenvalue weighted by atomic mass is 10.0. The number of rotatable bonds is 60. The molecule has 0 bridgehead atoms. The Balaban J connectivity index is 4.08. The fraction of sp³-hybridized carbons (Fsp3) is 0.848. The Kier molecular flexibility index (Phi) is 56.1. The van der Waals surface area contributed by atoms with E-state index in [1.807, 2.05) is 21.1 Å². The Morgan fingerprint density at radius 2 is 0.711 bits per heavy atom. The molecular formula is C66H124NO8P. The van der Waals surface area contributed by atoms with E-state index in [0.717, 1.165) is 51.4 Å². The highest BCUT2D eigenvalue weighted by Gasteiger charge is 2.22. The second-order valence-corrected chi connectivity index (χ2v) is 24.5. The number of ether oxygens (including phenoxy) is 2. The van der Waals surface area contributed by atoms with E-state index in [1.165, 1.54) is 225 Å². The summed E-state index contributed by atoms with van der Waals surface area (Å²) < 4.78 is 34.3. The van der Waals surface area contributed by atoms with Crippen molar-refractivity contribution in [2.45, 2.75) is 315 Å². The van der Waals surface area contributed by atoms with Crippen LogP contribution in [0.2, 0.25) is 0 Å². The Bertz CT molecular complexity index is 1420. The Morgan fingerprint density at radius 3 is 1.07 bits per heavy atom. The summed E-state index contributed by atoms with van der Waals surface area (Å²) >= 11 is 0. The van der Waals surface area contributed by atoms with E-state index in [4.69, 9.17) is 18.5 Å². The Morgan fingerprint density at radius 1 is 0.408 bits per heavy atom. The SMILES string of the molecule is CCCCCCC/C=C\C/C=C\C/C=C\CCCCCCCCCCCCCCCCC(=O)OC(COC(=O)CCCCCCCCCCCCC/C=C\CCCCCCCCCC)COP(=O)([O-])OCC[N+](C)(C)C. The number of unbranched alkanes of at least 4 members (excludes halogenated alkanes) is 38. The number of quaternary nitrogens is 1. The number of carbonyl (C=O) groups excluding carboxylic acids is 2. The van der Waals surface area contributed by atoms with Crippen LogP contribution < -0.4 is 4.89 Å². The van der Waals surface area contributed by atoms with E-state index < -0.39 is 26.5 Å². The molecule has 0 aromatic heterocycles. The van der Waals surface area contributed by atoms with Gasteiger partial charge in [-0.05, 0) is 77.0 Å². The van der Waals surface area contributed by atoms with Gasteiger partial charge in [-0.15, -0.1) is 0 Å². The van der Waals surface area contributed by atoms with Gasteiger partial charge in [-0.2, -0.15) is 0 Å². The summed E-state index contributed by atoms with van der Waals surface area (Å²) in [7, 11) is 1.18. The van der Waals surface area contributed by atoms with Crippen LogP contribution in [-0.4, -0.2) is 70.0 Å². The lowest BCUT2D eigenvalue weighted by Gasteiger charge is -2.28. The number of hydrogen-bond acceptors (Lipinski definition) is 8. The van der Waals surface area contributed by atoms with Crippen LogP contribution in [0, 0.1) is 0 Å². The van der Waals surface area contributed by atoms with Crippen molar-refractivity contribution < 1.29 is 42.1 Å². The third-order valence-corrected chi connectivity index (χ3v) is 15.3. The molecule has 76 heavy (non-hydrogen) atoms. The number of nitrogens with zero attached hydrogens (tertiary/aromatic N) is 1. The minimum absolute atomic E-state index is 0.0304. The van der Waals surface area contributed by atoms with Crippen LogP contribution in [0.3, 0.4) is 0 Å². The molecule has 0 fully saturated rings. The number of phosphoric ester groups is 1. The summed E-state index contributed by atoms with van der Waals surface area (Å²) in [5, 5.41) is 0. The minimum atomic E-state index is -4.64. The second kappa shape index (κ2) is 57.6. The summed E-state index contributed by atoms with van der Waals surface area (Å²) in [5.74, 6) is -0.822. The van der Waals surface area contributed by atoms with E-state index in [1.54, 1.807) is 0 Å². The lowest BCUT2D eigenvalue weighted by molar-refractivity contribution is -0.870. The van der Waals surface area contributed by atoms with Gasteiger partial charge < -0.3 is 27.9 Å². The van der Waals surface area contributed by atoms with Crippen molar-refractivity contribution in [3.05, 3.63) is 48.6 Å². The summed E-state index contributed by atoms with van der Waals surface area (Å²) in [6, 6.07) is 0. The highest BCUT2D eigenvalue weighted by Crippen LogP contribution is 2.38. The minimum Gasteiger partial charge on any atom is -0.756 e. The first-order valence-electron chi connectivity index (χ1n) is 32.3. The lowest BCUT2D eigenvalue weighted by Crippen LogP contribution is -2.37. The van der Waals surface area contributed by atoms with Crippen molar-refractivity contribution in [3.63, 3.8) is 0 Å². The van der Waals surface area contributed by atoms with Crippen molar-refractivity contribution in [1.29, 1.82) is 0 Å². The van der Waals surface area contributed by atoms with Crippen LogP contribution in [0.5, 0.6) is 0 Å². The summed E-state index contributed by atoms with van der Waals surface area (Å²) in [4.78, 5) is 38.0. The van der Waals surface area contributed by atoms with E-state index in [2.05, 4.69) is 62.5 Å². The van der Waals surface area contributed by atoms with Crippen LogP contribution in [-0.2, 0) is 32.7 Å². The number of esters is 2. The smallest absolute Gasteiger partial charge is 0.306 e. The molecule has 0 amide bonds. The molecule has 0 radical (unpaired) electrons. The molecule has 10 heteroatoms. The number of likely N-dealkylation sites (N-methyl/N-ethyl adjacent to an activating group) is 1. The van der Waals surface area contributed by atoms with Crippen LogP contribution >= 0.6 is 7.82 Å². The number of phosphoric acid groups is 1. The first kappa shape index (κ1) is 74.0. The second-order valence-electron chi connectivity index (χ2n) is 23.1. The molecule has 0 saturated heterocycles. The van der Waals surface area contributed by atoms with Gasteiger partial charge >= 0.3 is 11.9 Å². The molecule has 0 aromatic carbocycles. The van der Waals surface area contributed by atoms with Crippen LogP contribution in [0.4, 0.5) is 0 Å². The maximum atomic E-state index is 12.8. The first-order valence-corrected chi connectivity index (χ1v) is 33.8. The van der Waals surface area contributed by atoms with Crippen LogP contribution in [0.25, 0.3) is 0 Å². The molecule has 0 heterocycles. The van der Waals surface area contributed by atoms with E-state index in [0.29, 0.717) is 17.4 Å². The monoisotopic (exact) mass is 1090 g/mol. The molecule has 2 atom stereocenters. The van der Waals surface area contributed by atoms with E-state index in [9.17, 15) is 19.0 Å². The summed E-state index contributed by atoms with van der Waals surface area (Å²) in [6.45, 7) is 4.27. The number of allylic oxidation sites excluding steroid dienone is 8. The largest absolute Gasteiger partial charge is 0.756 e. The molecule has 9 nitrogen and oxygen atoms in total. The van der Waals surface area contributed by atoms with Gasteiger partial charge in [0.25, 0.3) is 7.82 Å². The molecule has 0 aromatic rings. The highest BCUT2D eigenvalue weighted by molar-refractivity contribution is 7.45. The first-order chi connectivity index (χ1) is 37.0. The van der Waals surface area contributed by atoms with Gasteiger partial charge in [0.05, 0.1) is 27.7 Å². The van der Waals surface area contributed by atoms with Crippen molar-refractivity contribution in [1.82, 2.24) is 0 Å². The van der Waals surface area contributed by atoms with Gasteiger partial charge in [0.15, 0.2) is 6.10 Å². The van der Waals surface area contributed by atoms with Gasteiger partial charge in [0, 0.05) is 12.8 Å². The third-order valence-electron chi connectivity index (χ3n) is 14.3. The molecule has 0 aliphatic rings. The predicted octanol–water partition coefficient (Wildman–Crippen LogP) is 19.9. The van der Waals surface area contributed by atoms with E-state index in [-0.39, 0.29) is 32.0 Å². The van der Waals surface area contributed by atoms with Gasteiger partial charge in [-0.1, -0.05) is 268 Å². The van der Waals surface area contributed by atoms with Crippen LogP contribution in [0.1, 0.15) is 309 Å². The average Bonchev–Trinajstić information content (AvgIpc) is 3.38. The topological polar surface area (TPSA) is 111 Å². The third kappa shape index (κ3) is 61.2. The Labute approximate surface area is 471 Å². The molecule has 0 aliphatic carbocycles. The number of carbonyl (C=O) groups is 2. The van der Waals surface area contributed by atoms with Gasteiger partial charge in [-0.25, -0.2) is 0 Å². The van der Waals surface area contributed by atoms with Gasteiger partial charge in [0.1, 0.15) is 19.8 Å². The maximum Gasteiger partial charge on any atom is 0.306 e. The fourth-order valence-corrected chi connectivity index (χ4v) is 10.0. The Hall–Kier alpha value is -2.03. The molecule has 0 aliphatic heterocycles. The quantitative estimate of drug-likeness (QED) is 0.0195. The fourth-order valence-electron chi connectivity index (χ4n) is 9.31. The zero-order valence-electron chi connectivity index (χ0n) is 50.7. The van der Waals surface area contributed by atoms with Crippen molar-refractivity contribution in [3.8, 4) is 0 Å². The zero-order chi connectivity index (χ0) is 55.6. The van der Waals surface area contributed by atoms with E-state index >= 15 is 0 Å². The summed E-state index contributed by atoms with van der Waals surface area (Å²) in [6.07, 6.45) is 73.1. The number of hydrogen-bond donors (Lipinski definition) is 0. The summed E-state index contributed by atoms with van der Waals surface area (Å²) in [5.41, 5.74) is 0. The molecule has 2 unspecified atom stereocenters. The molecule has 446 valence electrons. The molecule has 0 N–H and O–H groups in total. The normalized spacial score (nSPS) is 13.5. The van der Waals surface area contributed by atoms with Crippen LogP contribution in [0.15, 0.2) is 48.6 Å². The van der Waals surface area contributed by atoms with Gasteiger partial charge in [0.2, 0.25) is 0 Å². The molecule has 0 spiro atoms. The average molecular weight is 1090 g/mol. The van der Waals surface area contributed by atoms with Gasteiger partial charge in [-0.3, -0.25) is 14.2 Å². The van der Waals surface area contributed by atoms with Crippen molar-refractivity contribution in [2.75, 3.05) is 47.5 Å². The van der Waals surface area contributed by atoms with Crippen molar-refractivity contribution in [2.24, 2.45) is 0 Å².